The first kappa shape index (κ1) is 15.6. The molecule has 0 fully saturated rings. The van der Waals surface area contributed by atoms with Crippen LogP contribution in [-0.4, -0.2) is 52.2 Å². The zero-order valence-corrected chi connectivity index (χ0v) is 12.2. The Balaban J connectivity index is 2.72. The molecule has 1 rings (SSSR count). The van der Waals surface area contributed by atoms with Gasteiger partial charge in [0.1, 0.15) is 6.20 Å². The smallest absolute Gasteiger partial charge is 0.319 e. The van der Waals surface area contributed by atoms with Gasteiger partial charge in [0.2, 0.25) is 5.95 Å². The van der Waals surface area contributed by atoms with Crippen LogP contribution in [0.15, 0.2) is 11.2 Å². The SMILES string of the molecule is CCN(CC)CCSc1nc(NC)ncc1[N+](=O)[O-]. The van der Waals surface area contributed by atoms with Gasteiger partial charge in [0.25, 0.3) is 0 Å². The minimum Gasteiger partial charge on any atom is -0.357 e. The summed E-state index contributed by atoms with van der Waals surface area (Å²) in [5.41, 5.74) is -0.0384. The van der Waals surface area contributed by atoms with Crippen LogP contribution in [0, 0.1) is 10.1 Å². The average Bonchev–Trinajstić information content (AvgIpc) is 2.43. The molecule has 1 aromatic heterocycles. The van der Waals surface area contributed by atoms with Crippen LogP contribution in [-0.2, 0) is 0 Å². The van der Waals surface area contributed by atoms with Crippen LogP contribution in [0.25, 0.3) is 0 Å². The van der Waals surface area contributed by atoms with Crippen LogP contribution in [0.1, 0.15) is 13.8 Å². The summed E-state index contributed by atoms with van der Waals surface area (Å²) in [6, 6.07) is 0. The molecule has 0 saturated heterocycles. The molecule has 0 spiro atoms. The number of nitrogens with one attached hydrogen (secondary N) is 1. The van der Waals surface area contributed by atoms with Crippen molar-refractivity contribution in [1.29, 1.82) is 0 Å². The minimum absolute atomic E-state index is 0.0384. The molecule has 0 aliphatic rings. The number of thioether (sulfide) groups is 1. The molecular formula is C11H19N5O2S. The molecule has 0 unspecified atom stereocenters. The average molecular weight is 285 g/mol. The summed E-state index contributed by atoms with van der Waals surface area (Å²) in [7, 11) is 1.69. The summed E-state index contributed by atoms with van der Waals surface area (Å²) in [4.78, 5) is 20.7. The molecule has 7 nitrogen and oxygen atoms in total. The second kappa shape index (κ2) is 7.90. The van der Waals surface area contributed by atoms with Crippen molar-refractivity contribution in [2.24, 2.45) is 0 Å². The standard InChI is InChI=1S/C11H19N5O2S/c1-4-15(5-2)6-7-19-10-9(16(17)18)8-13-11(12-3)14-10/h8H,4-7H2,1-3H3,(H,12,13,14). The Hall–Kier alpha value is -1.41. The summed E-state index contributed by atoms with van der Waals surface area (Å²) in [6.45, 7) is 7.03. The number of hydrogen-bond acceptors (Lipinski definition) is 7. The normalized spacial score (nSPS) is 10.7. The van der Waals surface area contributed by atoms with Crippen molar-refractivity contribution < 1.29 is 4.92 Å². The van der Waals surface area contributed by atoms with Crippen LogP contribution in [0.2, 0.25) is 0 Å². The number of rotatable bonds is 8. The molecule has 106 valence electrons. The molecule has 0 saturated carbocycles. The third-order valence-electron chi connectivity index (χ3n) is 2.70. The van der Waals surface area contributed by atoms with Crippen LogP contribution in [0.4, 0.5) is 11.6 Å². The van der Waals surface area contributed by atoms with E-state index in [4.69, 9.17) is 0 Å². The van der Waals surface area contributed by atoms with E-state index in [1.807, 2.05) is 0 Å². The number of aromatic nitrogens is 2. The highest BCUT2D eigenvalue weighted by Gasteiger charge is 2.17. The van der Waals surface area contributed by atoms with Gasteiger partial charge in [-0.1, -0.05) is 25.6 Å². The monoisotopic (exact) mass is 285 g/mol. The topological polar surface area (TPSA) is 84.2 Å². The summed E-state index contributed by atoms with van der Waals surface area (Å²) < 4.78 is 0. The summed E-state index contributed by atoms with van der Waals surface area (Å²) in [5.74, 6) is 1.17. The second-order valence-electron chi connectivity index (χ2n) is 3.77. The predicted octanol–water partition coefficient (Wildman–Crippen LogP) is 1.86. The number of nitrogens with zero attached hydrogens (tertiary/aromatic N) is 4. The zero-order valence-electron chi connectivity index (χ0n) is 11.4. The van der Waals surface area contributed by atoms with Crippen molar-refractivity contribution in [3.05, 3.63) is 16.3 Å². The van der Waals surface area contributed by atoms with E-state index in [0.717, 1.165) is 25.4 Å². The van der Waals surface area contributed by atoms with Gasteiger partial charge >= 0.3 is 5.69 Å². The molecule has 0 aromatic carbocycles. The van der Waals surface area contributed by atoms with Crippen molar-refractivity contribution in [2.45, 2.75) is 18.9 Å². The van der Waals surface area contributed by atoms with Crippen molar-refractivity contribution in [3.8, 4) is 0 Å². The molecule has 1 aromatic rings. The van der Waals surface area contributed by atoms with Crippen molar-refractivity contribution in [1.82, 2.24) is 14.9 Å². The van der Waals surface area contributed by atoms with Gasteiger partial charge in [0, 0.05) is 19.3 Å². The van der Waals surface area contributed by atoms with Gasteiger partial charge in [-0.05, 0) is 13.1 Å². The number of hydrogen-bond donors (Lipinski definition) is 1. The molecule has 1 heterocycles. The molecule has 0 bridgehead atoms. The maximum atomic E-state index is 10.9. The second-order valence-corrected chi connectivity index (χ2v) is 4.85. The fraction of sp³-hybridized carbons (Fsp3) is 0.636. The van der Waals surface area contributed by atoms with E-state index in [-0.39, 0.29) is 5.69 Å². The lowest BCUT2D eigenvalue weighted by molar-refractivity contribution is -0.388. The summed E-state index contributed by atoms with van der Waals surface area (Å²) in [6.07, 6.45) is 1.25. The number of anilines is 1. The molecule has 0 radical (unpaired) electrons. The van der Waals surface area contributed by atoms with E-state index >= 15 is 0 Å². The fourth-order valence-electron chi connectivity index (χ4n) is 1.52. The molecule has 0 amide bonds. The van der Waals surface area contributed by atoms with Crippen molar-refractivity contribution in [3.63, 3.8) is 0 Å². The van der Waals surface area contributed by atoms with Gasteiger partial charge in [-0.15, -0.1) is 0 Å². The lowest BCUT2D eigenvalue weighted by Crippen LogP contribution is -2.25. The molecule has 19 heavy (non-hydrogen) atoms. The van der Waals surface area contributed by atoms with Crippen LogP contribution < -0.4 is 5.32 Å². The molecule has 8 heteroatoms. The summed E-state index contributed by atoms with van der Waals surface area (Å²) in [5, 5.41) is 14.1. The highest BCUT2D eigenvalue weighted by molar-refractivity contribution is 7.99. The molecule has 0 atom stereocenters. The Labute approximate surface area is 117 Å². The molecule has 0 aliphatic heterocycles. The highest BCUT2D eigenvalue weighted by Crippen LogP contribution is 2.27. The van der Waals surface area contributed by atoms with Gasteiger partial charge < -0.3 is 10.2 Å². The minimum atomic E-state index is -0.445. The Morgan fingerprint density at radius 2 is 2.16 bits per heavy atom. The quantitative estimate of drug-likeness (QED) is 0.338. The van der Waals surface area contributed by atoms with Gasteiger partial charge in [0.05, 0.1) is 4.92 Å². The maximum absolute atomic E-state index is 10.9. The largest absolute Gasteiger partial charge is 0.357 e. The Morgan fingerprint density at radius 1 is 1.47 bits per heavy atom. The van der Waals surface area contributed by atoms with Crippen LogP contribution >= 0.6 is 11.8 Å². The van der Waals surface area contributed by atoms with Gasteiger partial charge in [-0.2, -0.15) is 4.98 Å². The summed E-state index contributed by atoms with van der Waals surface area (Å²) >= 11 is 1.39. The van der Waals surface area contributed by atoms with Gasteiger partial charge in [-0.3, -0.25) is 10.1 Å². The third-order valence-corrected chi connectivity index (χ3v) is 3.66. The Bertz CT molecular complexity index is 426. The molecule has 1 N–H and O–H groups in total. The van der Waals surface area contributed by atoms with Gasteiger partial charge in [0.15, 0.2) is 5.03 Å². The Morgan fingerprint density at radius 3 is 2.68 bits per heavy atom. The van der Waals surface area contributed by atoms with E-state index in [2.05, 4.69) is 34.0 Å². The lowest BCUT2D eigenvalue weighted by atomic mass is 10.5. The highest BCUT2D eigenvalue weighted by atomic mass is 32.2. The third kappa shape index (κ3) is 4.64. The van der Waals surface area contributed by atoms with E-state index in [1.54, 1.807) is 7.05 Å². The molecule has 0 aliphatic carbocycles. The van der Waals surface area contributed by atoms with Gasteiger partial charge in [-0.25, -0.2) is 4.98 Å². The first-order chi connectivity index (χ1) is 9.12. The predicted molar refractivity (Wildman–Crippen MR) is 76.7 cm³/mol. The Kier molecular flexibility index (Phi) is 6.51. The fourth-order valence-corrected chi connectivity index (χ4v) is 2.49. The first-order valence-corrected chi connectivity index (χ1v) is 7.15. The zero-order chi connectivity index (χ0) is 14.3. The van der Waals surface area contributed by atoms with Crippen molar-refractivity contribution in [2.75, 3.05) is 37.8 Å². The lowest BCUT2D eigenvalue weighted by Gasteiger charge is -2.17. The van der Waals surface area contributed by atoms with E-state index in [9.17, 15) is 10.1 Å². The first-order valence-electron chi connectivity index (χ1n) is 6.16. The van der Waals surface area contributed by atoms with Crippen LogP contribution in [0.5, 0.6) is 0 Å². The van der Waals surface area contributed by atoms with Crippen LogP contribution in [0.3, 0.4) is 0 Å². The van der Waals surface area contributed by atoms with E-state index < -0.39 is 4.92 Å². The number of nitro groups is 1. The maximum Gasteiger partial charge on any atom is 0.319 e. The molecular weight excluding hydrogens is 266 g/mol. The van der Waals surface area contributed by atoms with E-state index in [1.165, 1.54) is 18.0 Å². The van der Waals surface area contributed by atoms with E-state index in [0.29, 0.717) is 11.0 Å². The van der Waals surface area contributed by atoms with Crippen molar-refractivity contribution >= 4 is 23.4 Å².